The maximum atomic E-state index is 13.1. The van der Waals surface area contributed by atoms with Crippen molar-refractivity contribution < 1.29 is 9.59 Å². The van der Waals surface area contributed by atoms with Gasteiger partial charge in [-0.1, -0.05) is 62.9 Å². The van der Waals surface area contributed by atoms with E-state index in [2.05, 4.69) is 47.7 Å². The summed E-state index contributed by atoms with van der Waals surface area (Å²) in [7, 11) is 0. The van der Waals surface area contributed by atoms with Gasteiger partial charge in [0.15, 0.2) is 0 Å². The minimum absolute atomic E-state index is 0.0584. The largest absolute Gasteiger partial charge is 0.390 e. The third kappa shape index (κ3) is 7.12. The normalized spacial score (nSPS) is 18.4. The Hall–Kier alpha value is -3.52. The predicted molar refractivity (Wildman–Crippen MR) is 161 cm³/mol. The van der Waals surface area contributed by atoms with E-state index in [1.807, 2.05) is 50.3 Å². The first-order valence-electron chi connectivity index (χ1n) is 13.5. The molecular formula is C31H41N5O2S. The monoisotopic (exact) mass is 547 g/mol. The third-order valence-electron chi connectivity index (χ3n) is 7.15. The Kier molecular flexibility index (Phi) is 10.8. The van der Waals surface area contributed by atoms with Crippen LogP contribution in [0.4, 0.5) is 0 Å². The summed E-state index contributed by atoms with van der Waals surface area (Å²) in [5.74, 6) is 0.107. The summed E-state index contributed by atoms with van der Waals surface area (Å²) >= 11 is 1.67. The van der Waals surface area contributed by atoms with Crippen LogP contribution < -0.4 is 5.73 Å². The second-order valence-electron chi connectivity index (χ2n) is 10.2. The number of rotatable bonds is 8. The van der Waals surface area contributed by atoms with Crippen LogP contribution in [0.2, 0.25) is 0 Å². The number of amides is 2. The minimum atomic E-state index is -0.402. The molecule has 2 unspecified atom stereocenters. The van der Waals surface area contributed by atoms with E-state index < -0.39 is 6.04 Å². The first-order chi connectivity index (χ1) is 18.7. The lowest BCUT2D eigenvalue weighted by atomic mass is 10.0. The van der Waals surface area contributed by atoms with Crippen molar-refractivity contribution in [3.63, 3.8) is 0 Å². The highest BCUT2D eigenvalue weighted by atomic mass is 32.1. The smallest absolute Gasteiger partial charge is 0.255 e. The molecule has 1 saturated heterocycles. The number of hydrogen-bond acceptors (Lipinski definition) is 5. The molecule has 8 heteroatoms. The summed E-state index contributed by atoms with van der Waals surface area (Å²) in [5, 5.41) is 0. The number of hydrogen-bond donors (Lipinski definition) is 1. The van der Waals surface area contributed by atoms with Crippen molar-refractivity contribution in [3.8, 4) is 10.4 Å². The number of aromatic nitrogens is 1. The van der Waals surface area contributed by atoms with Crippen molar-refractivity contribution in [3.05, 3.63) is 77.0 Å². The van der Waals surface area contributed by atoms with E-state index in [9.17, 15) is 9.59 Å². The predicted octanol–water partition coefficient (Wildman–Crippen LogP) is 5.53. The zero-order valence-corrected chi connectivity index (χ0v) is 24.6. The standard InChI is InChI=1S/C19H28N2O2.C12H13N3S/c1-6-9-16-15(7-2)12-21(18(16)22)17(13(3)4)19(23)20-11-8-10-14(20)5;1-9-12(16-8-15-9)11-4-2-10(3-5-11)6-14-7-13/h6-7,9,13-14,17H,2,8,10-12H2,1,3-5H3;2-5,7-8H,6H2,1H3,(H2,13,14)/b9-6-;. The van der Waals surface area contributed by atoms with Gasteiger partial charge in [0, 0.05) is 24.7 Å². The number of aryl methyl sites for hydroxylation is 1. The molecule has 0 aliphatic carbocycles. The molecule has 1 fully saturated rings. The second kappa shape index (κ2) is 14.0. The minimum Gasteiger partial charge on any atom is -0.390 e. The number of carbonyl (C=O) groups excluding carboxylic acids is 2. The Morgan fingerprint density at radius 3 is 2.54 bits per heavy atom. The Bertz CT molecular complexity index is 1240. The molecule has 2 atom stereocenters. The Labute approximate surface area is 236 Å². The van der Waals surface area contributed by atoms with Gasteiger partial charge in [0.1, 0.15) is 6.04 Å². The Balaban J connectivity index is 0.000000230. The molecule has 2 aliphatic heterocycles. The van der Waals surface area contributed by atoms with Gasteiger partial charge in [0.25, 0.3) is 5.91 Å². The Morgan fingerprint density at radius 1 is 1.31 bits per heavy atom. The molecule has 2 aromatic rings. The van der Waals surface area contributed by atoms with Crippen LogP contribution in [0.1, 0.15) is 51.8 Å². The number of nitrogens with zero attached hydrogens (tertiary/aromatic N) is 4. The molecule has 3 heterocycles. The second-order valence-corrected chi connectivity index (χ2v) is 11.1. The molecule has 1 aromatic carbocycles. The molecule has 2 N–H and O–H groups in total. The van der Waals surface area contributed by atoms with Crippen molar-refractivity contribution in [2.45, 2.75) is 66.1 Å². The van der Waals surface area contributed by atoms with Gasteiger partial charge in [-0.25, -0.2) is 4.98 Å². The number of benzene rings is 1. The lowest BCUT2D eigenvalue weighted by molar-refractivity contribution is -0.145. The van der Waals surface area contributed by atoms with E-state index in [-0.39, 0.29) is 23.8 Å². The molecule has 0 spiro atoms. The molecular weight excluding hydrogens is 506 g/mol. The molecule has 0 saturated carbocycles. The van der Waals surface area contributed by atoms with Crippen molar-refractivity contribution in [2.24, 2.45) is 16.6 Å². The van der Waals surface area contributed by atoms with Crippen LogP contribution in [0.25, 0.3) is 10.4 Å². The summed E-state index contributed by atoms with van der Waals surface area (Å²) in [6, 6.07) is 8.20. The molecule has 1 aromatic heterocycles. The molecule has 7 nitrogen and oxygen atoms in total. The van der Waals surface area contributed by atoms with E-state index in [1.165, 1.54) is 16.8 Å². The zero-order valence-electron chi connectivity index (χ0n) is 23.8. The van der Waals surface area contributed by atoms with Crippen molar-refractivity contribution >= 4 is 29.5 Å². The van der Waals surface area contributed by atoms with Crippen LogP contribution in [0.3, 0.4) is 0 Å². The van der Waals surface area contributed by atoms with Crippen molar-refractivity contribution in [2.75, 3.05) is 13.1 Å². The van der Waals surface area contributed by atoms with E-state index >= 15 is 0 Å². The number of aliphatic imine (C=N–C) groups is 1. The molecule has 0 radical (unpaired) electrons. The highest BCUT2D eigenvalue weighted by Crippen LogP contribution is 2.29. The van der Waals surface area contributed by atoms with Crippen LogP contribution in [-0.2, 0) is 16.1 Å². The van der Waals surface area contributed by atoms with Gasteiger partial charge in [0.2, 0.25) is 5.91 Å². The SMILES string of the molecule is C=CC1=C(/C=C\C)C(=O)N(C(C(=O)N2CCCC2C)C(C)C)C1.Cc1ncsc1-c1ccc(CN=CN)cc1. The fourth-order valence-corrected chi connectivity index (χ4v) is 5.90. The first kappa shape index (κ1) is 30.0. The van der Waals surface area contributed by atoms with Crippen LogP contribution in [0, 0.1) is 12.8 Å². The van der Waals surface area contributed by atoms with Gasteiger partial charge in [0.05, 0.1) is 29.0 Å². The topological polar surface area (TPSA) is 91.9 Å². The first-order valence-corrected chi connectivity index (χ1v) is 14.4. The molecule has 2 aliphatic rings. The average Bonchev–Trinajstić information content (AvgIpc) is 3.63. The lowest BCUT2D eigenvalue weighted by Gasteiger charge is -2.35. The van der Waals surface area contributed by atoms with Crippen molar-refractivity contribution in [1.29, 1.82) is 0 Å². The summed E-state index contributed by atoms with van der Waals surface area (Å²) in [5.41, 5.74) is 12.1. The fraction of sp³-hybridized carbons (Fsp3) is 0.419. The van der Waals surface area contributed by atoms with Gasteiger partial charge in [-0.15, -0.1) is 11.3 Å². The molecule has 2 amide bonds. The van der Waals surface area contributed by atoms with Crippen LogP contribution >= 0.6 is 11.3 Å². The fourth-order valence-electron chi connectivity index (χ4n) is 5.08. The maximum absolute atomic E-state index is 13.1. The quantitative estimate of drug-likeness (QED) is 0.348. The van der Waals surface area contributed by atoms with E-state index in [0.29, 0.717) is 18.7 Å². The summed E-state index contributed by atoms with van der Waals surface area (Å²) in [6.45, 7) is 15.8. The number of nitrogens with two attached hydrogens (primary N) is 1. The molecule has 39 heavy (non-hydrogen) atoms. The van der Waals surface area contributed by atoms with Gasteiger partial charge in [-0.2, -0.15) is 0 Å². The summed E-state index contributed by atoms with van der Waals surface area (Å²) < 4.78 is 0. The number of carbonyl (C=O) groups is 2. The maximum Gasteiger partial charge on any atom is 0.255 e. The van der Waals surface area contributed by atoms with Gasteiger partial charge >= 0.3 is 0 Å². The molecule has 4 rings (SSSR count). The van der Waals surface area contributed by atoms with E-state index in [1.54, 1.807) is 22.3 Å². The van der Waals surface area contributed by atoms with Crippen LogP contribution in [0.15, 0.2) is 70.7 Å². The van der Waals surface area contributed by atoms with Crippen molar-refractivity contribution in [1.82, 2.24) is 14.8 Å². The highest BCUT2D eigenvalue weighted by Gasteiger charge is 2.41. The van der Waals surface area contributed by atoms with Gasteiger partial charge in [-0.05, 0) is 56.2 Å². The van der Waals surface area contributed by atoms with Crippen LogP contribution in [-0.4, -0.2) is 58.1 Å². The van der Waals surface area contributed by atoms with E-state index in [4.69, 9.17) is 5.73 Å². The average molecular weight is 548 g/mol. The van der Waals surface area contributed by atoms with Crippen LogP contribution in [0.5, 0.6) is 0 Å². The molecule has 0 bridgehead atoms. The number of thiazole rings is 1. The van der Waals surface area contributed by atoms with Gasteiger partial charge in [-0.3, -0.25) is 14.6 Å². The summed E-state index contributed by atoms with van der Waals surface area (Å²) in [6.07, 6.45) is 8.83. The molecule has 208 valence electrons. The number of allylic oxidation sites excluding steroid dienone is 1. The third-order valence-corrected chi connectivity index (χ3v) is 8.13. The lowest BCUT2D eigenvalue weighted by Crippen LogP contribution is -2.53. The van der Waals surface area contributed by atoms with E-state index in [0.717, 1.165) is 36.2 Å². The zero-order chi connectivity index (χ0) is 28.5. The highest BCUT2D eigenvalue weighted by molar-refractivity contribution is 7.13. The Morgan fingerprint density at radius 2 is 2.03 bits per heavy atom. The van der Waals surface area contributed by atoms with Gasteiger partial charge < -0.3 is 15.5 Å². The number of likely N-dealkylation sites (tertiary alicyclic amines) is 1. The summed E-state index contributed by atoms with van der Waals surface area (Å²) in [4.78, 5) is 39.0.